The third kappa shape index (κ3) is 2.90. The first-order chi connectivity index (χ1) is 9.95. The summed E-state index contributed by atoms with van der Waals surface area (Å²) in [7, 11) is 0. The molecule has 0 spiro atoms. The Labute approximate surface area is 147 Å². The van der Waals surface area contributed by atoms with Gasteiger partial charge < -0.3 is 4.42 Å². The van der Waals surface area contributed by atoms with Crippen molar-refractivity contribution in [2.24, 2.45) is 0 Å². The third-order valence-corrected chi connectivity index (χ3v) is 4.54. The van der Waals surface area contributed by atoms with E-state index in [1.54, 1.807) is 18.2 Å². The SMILES string of the molecule is O=C(c1cc2cc(Br)cc(Br)c2o1)c1cc(Cl)ccc1Cl. The van der Waals surface area contributed by atoms with Crippen molar-refractivity contribution >= 4 is 71.8 Å². The maximum absolute atomic E-state index is 12.5. The van der Waals surface area contributed by atoms with Crippen LogP contribution in [-0.4, -0.2) is 5.78 Å². The van der Waals surface area contributed by atoms with Crippen LogP contribution in [-0.2, 0) is 0 Å². The molecule has 3 aromatic rings. The van der Waals surface area contributed by atoms with E-state index < -0.39 is 0 Å². The first-order valence-corrected chi connectivity index (χ1v) is 8.18. The van der Waals surface area contributed by atoms with Gasteiger partial charge in [0.05, 0.1) is 9.50 Å². The van der Waals surface area contributed by atoms with Gasteiger partial charge in [-0.25, -0.2) is 0 Å². The van der Waals surface area contributed by atoms with E-state index in [1.807, 2.05) is 12.1 Å². The summed E-state index contributed by atoms with van der Waals surface area (Å²) in [6.07, 6.45) is 0. The van der Waals surface area contributed by atoms with E-state index in [0.717, 1.165) is 14.3 Å². The monoisotopic (exact) mass is 446 g/mol. The summed E-state index contributed by atoms with van der Waals surface area (Å²) in [5, 5.41) is 1.60. The maximum atomic E-state index is 12.5. The highest BCUT2D eigenvalue weighted by molar-refractivity contribution is 9.11. The Balaban J connectivity index is 2.14. The fourth-order valence-corrected chi connectivity index (χ4v) is 3.71. The van der Waals surface area contributed by atoms with Crippen molar-refractivity contribution in [3.8, 4) is 0 Å². The van der Waals surface area contributed by atoms with Gasteiger partial charge in [0.2, 0.25) is 5.78 Å². The minimum atomic E-state index is -0.304. The van der Waals surface area contributed by atoms with E-state index >= 15 is 0 Å². The summed E-state index contributed by atoms with van der Waals surface area (Å²) < 4.78 is 7.30. The summed E-state index contributed by atoms with van der Waals surface area (Å²) in [6.45, 7) is 0. The maximum Gasteiger partial charge on any atom is 0.229 e. The van der Waals surface area contributed by atoms with E-state index in [-0.39, 0.29) is 11.5 Å². The molecule has 0 unspecified atom stereocenters. The zero-order chi connectivity index (χ0) is 15.1. The van der Waals surface area contributed by atoms with Gasteiger partial charge in [-0.2, -0.15) is 0 Å². The zero-order valence-electron chi connectivity index (χ0n) is 10.3. The van der Waals surface area contributed by atoms with Crippen molar-refractivity contribution in [3.63, 3.8) is 0 Å². The van der Waals surface area contributed by atoms with E-state index in [9.17, 15) is 4.79 Å². The second kappa shape index (κ2) is 5.76. The molecule has 3 rings (SSSR count). The Bertz CT molecular complexity index is 871. The summed E-state index contributed by atoms with van der Waals surface area (Å²) in [6, 6.07) is 10.2. The molecule has 0 atom stereocenters. The Morgan fingerprint density at radius 1 is 1.05 bits per heavy atom. The topological polar surface area (TPSA) is 30.2 Å². The largest absolute Gasteiger partial charge is 0.451 e. The van der Waals surface area contributed by atoms with E-state index in [1.165, 1.54) is 6.07 Å². The molecular weight excluding hydrogens is 443 g/mol. The summed E-state index contributed by atoms with van der Waals surface area (Å²) in [5.74, 6) is -0.0883. The number of hydrogen-bond donors (Lipinski definition) is 0. The highest BCUT2D eigenvalue weighted by Crippen LogP contribution is 2.32. The molecule has 1 aromatic heterocycles. The normalized spacial score (nSPS) is 11.0. The van der Waals surface area contributed by atoms with Gasteiger partial charge in [0.1, 0.15) is 5.58 Å². The Morgan fingerprint density at radius 3 is 2.57 bits per heavy atom. The number of ketones is 1. The minimum Gasteiger partial charge on any atom is -0.451 e. The summed E-state index contributed by atoms with van der Waals surface area (Å²) in [4.78, 5) is 12.5. The molecule has 2 aromatic carbocycles. The fraction of sp³-hybridized carbons (Fsp3) is 0. The van der Waals surface area contributed by atoms with Crippen molar-refractivity contribution in [1.29, 1.82) is 0 Å². The van der Waals surface area contributed by atoms with Crippen LogP contribution in [0.3, 0.4) is 0 Å². The van der Waals surface area contributed by atoms with Crippen LogP contribution in [0.5, 0.6) is 0 Å². The van der Waals surface area contributed by atoms with Crippen molar-refractivity contribution in [3.05, 3.63) is 66.7 Å². The number of halogens is 4. The molecule has 0 radical (unpaired) electrons. The van der Waals surface area contributed by atoms with Gasteiger partial charge in [-0.3, -0.25) is 4.79 Å². The third-order valence-electron chi connectivity index (χ3n) is 2.93. The molecule has 0 aliphatic carbocycles. The first-order valence-electron chi connectivity index (χ1n) is 5.84. The molecule has 0 saturated heterocycles. The van der Waals surface area contributed by atoms with Crippen molar-refractivity contribution in [1.82, 2.24) is 0 Å². The highest BCUT2D eigenvalue weighted by atomic mass is 79.9. The molecule has 0 aliphatic rings. The molecule has 6 heteroatoms. The standard InChI is InChI=1S/C15H6Br2Cl2O2/c16-8-3-7-4-13(21-15(7)11(17)5-8)14(20)10-6-9(18)1-2-12(10)19/h1-6H. The summed E-state index contributed by atoms with van der Waals surface area (Å²) >= 11 is 18.8. The van der Waals surface area contributed by atoms with E-state index in [4.69, 9.17) is 27.6 Å². The number of fused-ring (bicyclic) bond motifs is 1. The van der Waals surface area contributed by atoms with Crippen LogP contribution in [0.25, 0.3) is 11.0 Å². The van der Waals surface area contributed by atoms with Crippen LogP contribution in [0.2, 0.25) is 10.0 Å². The van der Waals surface area contributed by atoms with E-state index in [2.05, 4.69) is 31.9 Å². The van der Waals surface area contributed by atoms with Crippen molar-refractivity contribution in [2.45, 2.75) is 0 Å². The van der Waals surface area contributed by atoms with Crippen LogP contribution >= 0.6 is 55.1 Å². The molecule has 0 bridgehead atoms. The molecule has 0 amide bonds. The number of benzene rings is 2. The molecule has 106 valence electrons. The van der Waals surface area contributed by atoms with Gasteiger partial charge in [0.25, 0.3) is 0 Å². The van der Waals surface area contributed by atoms with Gasteiger partial charge in [-0.05, 0) is 52.3 Å². The smallest absolute Gasteiger partial charge is 0.229 e. The molecule has 2 nitrogen and oxygen atoms in total. The van der Waals surface area contributed by atoms with Gasteiger partial charge in [0, 0.05) is 20.4 Å². The zero-order valence-corrected chi connectivity index (χ0v) is 15.0. The van der Waals surface area contributed by atoms with Crippen LogP contribution in [0.15, 0.2) is 49.8 Å². The molecule has 21 heavy (non-hydrogen) atoms. The molecule has 0 saturated carbocycles. The van der Waals surface area contributed by atoms with Gasteiger partial charge in [0.15, 0.2) is 5.76 Å². The van der Waals surface area contributed by atoms with Crippen LogP contribution in [0.4, 0.5) is 0 Å². The number of rotatable bonds is 2. The van der Waals surface area contributed by atoms with Crippen LogP contribution in [0, 0.1) is 0 Å². The number of furan rings is 1. The van der Waals surface area contributed by atoms with E-state index in [0.29, 0.717) is 21.2 Å². The lowest BCUT2D eigenvalue weighted by Gasteiger charge is -2.01. The lowest BCUT2D eigenvalue weighted by molar-refractivity contribution is 0.101. The first kappa shape index (κ1) is 15.1. The summed E-state index contributed by atoms with van der Waals surface area (Å²) in [5.41, 5.74) is 0.929. The van der Waals surface area contributed by atoms with Crippen molar-refractivity contribution in [2.75, 3.05) is 0 Å². The van der Waals surface area contributed by atoms with Gasteiger partial charge >= 0.3 is 0 Å². The number of carbonyl (C=O) groups is 1. The highest BCUT2D eigenvalue weighted by Gasteiger charge is 2.19. The molecular formula is C15H6Br2Cl2O2. The fourth-order valence-electron chi connectivity index (χ4n) is 1.99. The quantitative estimate of drug-likeness (QED) is 0.419. The molecule has 0 aliphatic heterocycles. The lowest BCUT2D eigenvalue weighted by Crippen LogP contribution is -2.00. The number of carbonyl (C=O) groups excluding carboxylic acids is 1. The second-order valence-corrected chi connectivity index (χ2v) is 6.98. The predicted octanol–water partition coefficient (Wildman–Crippen LogP) is 6.50. The lowest BCUT2D eigenvalue weighted by atomic mass is 10.1. The van der Waals surface area contributed by atoms with Crippen molar-refractivity contribution < 1.29 is 9.21 Å². The Hall–Kier alpha value is -0.810. The number of hydrogen-bond acceptors (Lipinski definition) is 2. The molecule has 1 heterocycles. The minimum absolute atomic E-state index is 0.216. The average molecular weight is 449 g/mol. The Kier molecular flexibility index (Phi) is 4.14. The van der Waals surface area contributed by atoms with Crippen LogP contribution in [0.1, 0.15) is 16.1 Å². The average Bonchev–Trinajstić information content (AvgIpc) is 2.85. The predicted molar refractivity (Wildman–Crippen MR) is 91.5 cm³/mol. The second-order valence-electron chi connectivity index (χ2n) is 4.37. The van der Waals surface area contributed by atoms with Gasteiger partial charge in [-0.1, -0.05) is 39.1 Å². The molecule has 0 fully saturated rings. The van der Waals surface area contributed by atoms with Crippen LogP contribution < -0.4 is 0 Å². The molecule has 0 N–H and O–H groups in total. The Morgan fingerprint density at radius 2 is 1.81 bits per heavy atom. The van der Waals surface area contributed by atoms with Gasteiger partial charge in [-0.15, -0.1) is 0 Å².